The largest absolute Gasteiger partial charge is 0.356 e. The summed E-state index contributed by atoms with van der Waals surface area (Å²) in [5.74, 6) is 1.15. The first-order chi connectivity index (χ1) is 17.0. The molecule has 4 aromatic rings. The summed E-state index contributed by atoms with van der Waals surface area (Å²) in [5, 5.41) is 8.61. The highest BCUT2D eigenvalue weighted by atomic mass is 32.1. The minimum Gasteiger partial charge on any atom is -0.356 e. The zero-order chi connectivity index (χ0) is 23.9. The lowest BCUT2D eigenvalue weighted by atomic mass is 9.93. The number of likely N-dealkylation sites (tertiary alicyclic amines) is 1. The maximum Gasteiger partial charge on any atom is 0.276 e. The topological polar surface area (TPSA) is 88.0 Å². The van der Waals surface area contributed by atoms with Crippen LogP contribution in [0.1, 0.15) is 28.4 Å². The second-order valence-electron chi connectivity index (χ2n) is 8.96. The summed E-state index contributed by atoms with van der Waals surface area (Å²) in [6.07, 6.45) is 2.79. The van der Waals surface area contributed by atoms with Gasteiger partial charge >= 0.3 is 0 Å². The van der Waals surface area contributed by atoms with E-state index in [4.69, 9.17) is 4.98 Å². The number of hydrogen-bond donors (Lipinski definition) is 2. The fourth-order valence-corrected chi connectivity index (χ4v) is 5.42. The molecule has 5 heterocycles. The molecule has 0 radical (unpaired) electrons. The van der Waals surface area contributed by atoms with Gasteiger partial charge in [-0.15, -0.1) is 11.3 Å². The first-order valence-corrected chi connectivity index (χ1v) is 12.5. The van der Waals surface area contributed by atoms with E-state index in [0.29, 0.717) is 22.4 Å². The number of thiazole rings is 1. The Kier molecular flexibility index (Phi) is 5.54. The lowest BCUT2D eigenvalue weighted by molar-refractivity contribution is 0.102. The van der Waals surface area contributed by atoms with Crippen LogP contribution in [0.25, 0.3) is 22.0 Å². The van der Waals surface area contributed by atoms with E-state index in [1.165, 1.54) is 29.0 Å². The van der Waals surface area contributed by atoms with Gasteiger partial charge in [0.15, 0.2) is 0 Å². The van der Waals surface area contributed by atoms with E-state index in [0.717, 1.165) is 55.5 Å². The number of anilines is 2. The second-order valence-corrected chi connectivity index (χ2v) is 9.82. The first-order valence-electron chi connectivity index (χ1n) is 11.6. The number of nitrogens with zero attached hydrogens (tertiary/aromatic N) is 5. The second kappa shape index (κ2) is 8.86. The summed E-state index contributed by atoms with van der Waals surface area (Å²) in [7, 11) is 2.10. The third-order valence-electron chi connectivity index (χ3n) is 6.43. The average molecular weight is 490 g/mol. The van der Waals surface area contributed by atoms with E-state index in [9.17, 15) is 9.18 Å². The van der Waals surface area contributed by atoms with E-state index < -0.39 is 0 Å². The monoisotopic (exact) mass is 489 g/mol. The van der Waals surface area contributed by atoms with Crippen LogP contribution in [-0.2, 0) is 6.54 Å². The number of rotatable bonds is 5. The van der Waals surface area contributed by atoms with Crippen molar-refractivity contribution in [2.24, 2.45) is 0 Å². The number of fused-ring (bicyclic) bond motifs is 1. The Morgan fingerprint density at radius 3 is 2.74 bits per heavy atom. The van der Waals surface area contributed by atoms with Gasteiger partial charge in [0.25, 0.3) is 5.91 Å². The van der Waals surface area contributed by atoms with Crippen molar-refractivity contribution in [2.75, 3.05) is 37.3 Å². The summed E-state index contributed by atoms with van der Waals surface area (Å²) in [6.45, 7) is 3.69. The summed E-state index contributed by atoms with van der Waals surface area (Å²) in [5.41, 5.74) is 3.85. The Morgan fingerprint density at radius 2 is 2.00 bits per heavy atom. The molecular weight excluding hydrogens is 465 g/mol. The Morgan fingerprint density at radius 1 is 1.17 bits per heavy atom. The quantitative estimate of drug-likeness (QED) is 0.435. The summed E-state index contributed by atoms with van der Waals surface area (Å²) in [4.78, 5) is 29.0. The van der Waals surface area contributed by atoms with E-state index in [1.807, 2.05) is 18.3 Å². The summed E-state index contributed by atoms with van der Waals surface area (Å²) < 4.78 is 15.6. The van der Waals surface area contributed by atoms with Gasteiger partial charge < -0.3 is 20.1 Å². The predicted molar refractivity (Wildman–Crippen MR) is 134 cm³/mol. The third-order valence-corrected chi connectivity index (χ3v) is 7.28. The van der Waals surface area contributed by atoms with Gasteiger partial charge in [0.1, 0.15) is 33.7 Å². The fourth-order valence-electron chi connectivity index (χ4n) is 4.57. The number of hydrogen-bond acceptors (Lipinski definition) is 7. The van der Waals surface area contributed by atoms with Crippen molar-refractivity contribution in [1.29, 1.82) is 0 Å². The van der Waals surface area contributed by atoms with Crippen molar-refractivity contribution in [3.8, 4) is 22.0 Å². The van der Waals surface area contributed by atoms with Crippen molar-refractivity contribution < 1.29 is 9.18 Å². The Labute approximate surface area is 205 Å². The zero-order valence-corrected chi connectivity index (χ0v) is 20.0. The Hall–Kier alpha value is -3.63. The highest BCUT2D eigenvalue weighted by molar-refractivity contribution is 7.13. The molecule has 0 unspecified atom stereocenters. The molecule has 0 bridgehead atoms. The number of carbonyl (C=O) groups excluding carboxylic acids is 1. The lowest BCUT2D eigenvalue weighted by Gasteiger charge is -2.36. The van der Waals surface area contributed by atoms with Crippen LogP contribution in [-0.4, -0.2) is 57.0 Å². The van der Waals surface area contributed by atoms with Crippen molar-refractivity contribution in [2.45, 2.75) is 18.9 Å². The van der Waals surface area contributed by atoms with Crippen LogP contribution >= 0.6 is 11.3 Å². The molecule has 1 amide bonds. The number of amides is 1. The fraction of sp³-hybridized carbons (Fsp3) is 0.280. The number of likely N-dealkylation sites (N-methyl/N-ethyl adjacent to an activating group) is 1. The maximum atomic E-state index is 13.5. The Bertz CT molecular complexity index is 1370. The molecule has 0 aliphatic carbocycles. The number of pyridine rings is 1. The number of halogens is 1. The number of benzene rings is 1. The van der Waals surface area contributed by atoms with E-state index in [2.05, 4.69) is 37.1 Å². The zero-order valence-electron chi connectivity index (χ0n) is 19.2. The highest BCUT2D eigenvalue weighted by Gasteiger charge is 2.26. The molecule has 1 fully saturated rings. The number of aromatic nitrogens is 4. The molecule has 35 heavy (non-hydrogen) atoms. The SMILES string of the molecule is CN1CC(c2ccc(NC(=O)c3csc(-c4c(-c5ccc(F)cc5)nc5n4CCCN5)n3)nc2)C1. The van der Waals surface area contributed by atoms with Crippen LogP contribution in [0.4, 0.5) is 16.2 Å². The van der Waals surface area contributed by atoms with Crippen molar-refractivity contribution in [1.82, 2.24) is 24.4 Å². The van der Waals surface area contributed by atoms with E-state index in [-0.39, 0.29) is 11.7 Å². The summed E-state index contributed by atoms with van der Waals surface area (Å²) >= 11 is 1.39. The standard InChI is InChI=1S/C25H24FN7OS/c1-32-12-17(13-32)16-5-8-20(28-11-16)30-23(34)19-14-35-24(29-19)22-21(15-3-6-18(26)7-4-15)31-25-27-9-2-10-33(22)25/h3-8,11,14,17H,2,9-10,12-13H2,1H3,(H,27,31)(H,28,30,34). The highest BCUT2D eigenvalue weighted by Crippen LogP contribution is 2.37. The van der Waals surface area contributed by atoms with Crippen LogP contribution in [0.5, 0.6) is 0 Å². The molecule has 0 spiro atoms. The van der Waals surface area contributed by atoms with Gasteiger partial charge in [-0.2, -0.15) is 0 Å². The first kappa shape index (κ1) is 21.9. The minimum atomic E-state index is -0.309. The smallest absolute Gasteiger partial charge is 0.276 e. The van der Waals surface area contributed by atoms with Crippen molar-refractivity contribution in [3.05, 3.63) is 65.0 Å². The minimum absolute atomic E-state index is 0.299. The molecule has 1 aromatic carbocycles. The van der Waals surface area contributed by atoms with Gasteiger partial charge in [-0.25, -0.2) is 19.3 Å². The third kappa shape index (κ3) is 4.19. The van der Waals surface area contributed by atoms with Gasteiger partial charge in [-0.3, -0.25) is 4.79 Å². The molecule has 6 rings (SSSR count). The molecule has 2 aliphatic heterocycles. The molecule has 178 valence electrons. The van der Waals surface area contributed by atoms with Gasteiger partial charge in [-0.1, -0.05) is 6.07 Å². The van der Waals surface area contributed by atoms with E-state index in [1.54, 1.807) is 17.5 Å². The number of carbonyl (C=O) groups is 1. The van der Waals surface area contributed by atoms with Crippen molar-refractivity contribution in [3.63, 3.8) is 0 Å². The van der Waals surface area contributed by atoms with E-state index >= 15 is 0 Å². The predicted octanol–water partition coefficient (Wildman–Crippen LogP) is 4.30. The molecule has 1 saturated heterocycles. The Balaban J connectivity index is 1.26. The maximum absolute atomic E-state index is 13.5. The molecule has 2 aliphatic rings. The van der Waals surface area contributed by atoms with Crippen LogP contribution in [0.2, 0.25) is 0 Å². The van der Waals surface area contributed by atoms with Crippen molar-refractivity contribution >= 4 is 29.0 Å². The molecule has 10 heteroatoms. The number of imidazole rings is 1. The lowest BCUT2D eigenvalue weighted by Crippen LogP contribution is -2.41. The van der Waals surface area contributed by atoms with Crippen LogP contribution in [0, 0.1) is 5.82 Å². The molecule has 8 nitrogen and oxygen atoms in total. The number of nitrogens with one attached hydrogen (secondary N) is 2. The van der Waals surface area contributed by atoms with Gasteiger partial charge in [-0.05, 0) is 49.4 Å². The normalized spacial score (nSPS) is 15.8. The molecule has 3 aromatic heterocycles. The average Bonchev–Trinajstić information content (AvgIpc) is 3.48. The van der Waals surface area contributed by atoms with Gasteiger partial charge in [0.05, 0.1) is 0 Å². The molecular formula is C25H24FN7OS. The molecule has 0 atom stereocenters. The molecule has 0 saturated carbocycles. The van der Waals surface area contributed by atoms with Crippen LogP contribution in [0.3, 0.4) is 0 Å². The van der Waals surface area contributed by atoms with Gasteiger partial charge in [0.2, 0.25) is 5.95 Å². The van der Waals surface area contributed by atoms with Crippen LogP contribution in [0.15, 0.2) is 48.0 Å². The van der Waals surface area contributed by atoms with Gasteiger partial charge in [0, 0.05) is 49.2 Å². The molecule has 2 N–H and O–H groups in total. The van der Waals surface area contributed by atoms with Crippen LogP contribution < -0.4 is 10.6 Å². The summed E-state index contributed by atoms with van der Waals surface area (Å²) in [6, 6.07) is 10.1.